The minimum absolute atomic E-state index is 0.0687. The fraction of sp³-hybridized carbons (Fsp3) is 0.630. The molecule has 1 saturated heterocycles. The Balaban J connectivity index is 1.60. The third-order valence-corrected chi connectivity index (χ3v) is 8.58. The van der Waals surface area contributed by atoms with Crippen molar-refractivity contribution in [2.75, 3.05) is 54.0 Å². The normalized spacial score (nSPS) is 21.9. The summed E-state index contributed by atoms with van der Waals surface area (Å²) in [5, 5.41) is 11.7. The SMILES string of the molecule is COc1ccc2c3c(n(C)c2c1)[C@H](CO)N(C(=O)C1CCC1)CC31CCN(C(=O)CN(C)C)CC1. The van der Waals surface area contributed by atoms with Crippen LogP contribution in [0, 0.1) is 5.92 Å². The third-order valence-electron chi connectivity index (χ3n) is 8.58. The Morgan fingerprint density at radius 1 is 1.20 bits per heavy atom. The Morgan fingerprint density at radius 3 is 2.49 bits per heavy atom. The van der Waals surface area contributed by atoms with Crippen LogP contribution < -0.4 is 4.74 Å². The number of fused-ring (bicyclic) bond motifs is 4. The summed E-state index contributed by atoms with van der Waals surface area (Å²) >= 11 is 0. The van der Waals surface area contributed by atoms with Gasteiger partial charge in [-0.2, -0.15) is 0 Å². The van der Waals surface area contributed by atoms with Crippen molar-refractivity contribution in [1.29, 1.82) is 0 Å². The topological polar surface area (TPSA) is 78.2 Å². The highest BCUT2D eigenvalue weighted by Gasteiger charge is 2.50. The Morgan fingerprint density at radius 2 is 1.91 bits per heavy atom. The fourth-order valence-corrected chi connectivity index (χ4v) is 6.44. The van der Waals surface area contributed by atoms with Crippen LogP contribution in [0.15, 0.2) is 18.2 Å². The van der Waals surface area contributed by atoms with E-state index in [4.69, 9.17) is 4.74 Å². The molecule has 2 aromatic rings. The lowest BCUT2D eigenvalue weighted by molar-refractivity contribution is -0.145. The lowest BCUT2D eigenvalue weighted by Gasteiger charge is -2.51. The van der Waals surface area contributed by atoms with Crippen molar-refractivity contribution in [3.05, 3.63) is 29.5 Å². The Hall–Kier alpha value is -2.58. The van der Waals surface area contributed by atoms with Crippen LogP contribution in [0.1, 0.15) is 49.4 Å². The largest absolute Gasteiger partial charge is 0.497 e. The number of methoxy groups -OCH3 is 1. The molecule has 1 spiro atoms. The molecule has 2 fully saturated rings. The second-order valence-corrected chi connectivity index (χ2v) is 10.9. The van der Waals surface area contributed by atoms with Gasteiger partial charge < -0.3 is 29.1 Å². The number of hydrogen-bond acceptors (Lipinski definition) is 5. The standard InChI is InChI=1S/C27H38N4O4/c1-28(2)15-23(33)30-12-10-27(11-13-30)17-31(26(34)18-6-5-7-18)22(16-32)25-24(27)20-9-8-19(35-4)14-21(20)29(25)3/h8-9,14,18,22,32H,5-7,10-13,15-17H2,1-4H3/t22-/m0/s1. The molecule has 2 aliphatic heterocycles. The van der Waals surface area contributed by atoms with Crippen LogP contribution in [0.2, 0.25) is 0 Å². The fourth-order valence-electron chi connectivity index (χ4n) is 6.44. The number of nitrogens with zero attached hydrogens (tertiary/aromatic N) is 4. The number of hydrogen-bond donors (Lipinski definition) is 1. The number of ether oxygens (including phenoxy) is 1. The van der Waals surface area contributed by atoms with E-state index in [1.807, 2.05) is 48.0 Å². The zero-order chi connectivity index (χ0) is 24.9. The number of carbonyl (C=O) groups excluding carboxylic acids is 2. The maximum absolute atomic E-state index is 13.6. The van der Waals surface area contributed by atoms with Crippen LogP contribution >= 0.6 is 0 Å². The monoisotopic (exact) mass is 482 g/mol. The molecule has 0 unspecified atom stereocenters. The summed E-state index contributed by atoms with van der Waals surface area (Å²) in [6, 6.07) is 5.80. The van der Waals surface area contributed by atoms with Gasteiger partial charge in [-0.05, 0) is 57.5 Å². The van der Waals surface area contributed by atoms with Crippen LogP contribution in [-0.2, 0) is 22.1 Å². The predicted molar refractivity (Wildman–Crippen MR) is 134 cm³/mol. The third kappa shape index (κ3) is 3.91. The minimum atomic E-state index is -0.361. The van der Waals surface area contributed by atoms with Gasteiger partial charge in [0.2, 0.25) is 11.8 Å². The molecule has 3 heterocycles. The van der Waals surface area contributed by atoms with Crippen molar-refractivity contribution in [3.63, 3.8) is 0 Å². The van der Waals surface area contributed by atoms with Gasteiger partial charge in [-0.25, -0.2) is 0 Å². The number of amides is 2. The van der Waals surface area contributed by atoms with Crippen molar-refractivity contribution >= 4 is 22.7 Å². The second kappa shape index (κ2) is 9.13. The summed E-state index contributed by atoms with van der Waals surface area (Å²) in [5.74, 6) is 1.18. The molecule has 2 amide bonds. The first-order valence-corrected chi connectivity index (χ1v) is 12.8. The zero-order valence-corrected chi connectivity index (χ0v) is 21.4. The first-order chi connectivity index (χ1) is 16.8. The van der Waals surface area contributed by atoms with Crippen LogP contribution in [-0.4, -0.2) is 90.2 Å². The highest BCUT2D eigenvalue weighted by atomic mass is 16.5. The van der Waals surface area contributed by atoms with Gasteiger partial charge in [-0.1, -0.05) is 6.42 Å². The molecule has 35 heavy (non-hydrogen) atoms. The maximum Gasteiger partial charge on any atom is 0.236 e. The number of likely N-dealkylation sites (N-methyl/N-ethyl adjacent to an activating group) is 1. The van der Waals surface area contributed by atoms with E-state index in [1.54, 1.807) is 7.11 Å². The van der Waals surface area contributed by atoms with E-state index in [-0.39, 0.29) is 35.8 Å². The van der Waals surface area contributed by atoms with Crippen molar-refractivity contribution < 1.29 is 19.4 Å². The van der Waals surface area contributed by atoms with Crippen molar-refractivity contribution in [2.24, 2.45) is 13.0 Å². The molecule has 8 heteroatoms. The predicted octanol–water partition coefficient (Wildman–Crippen LogP) is 2.28. The minimum Gasteiger partial charge on any atom is -0.497 e. The summed E-state index contributed by atoms with van der Waals surface area (Å²) in [6.07, 6.45) is 4.58. The zero-order valence-electron chi connectivity index (χ0n) is 21.4. The van der Waals surface area contributed by atoms with E-state index < -0.39 is 0 Å². The van der Waals surface area contributed by atoms with E-state index in [9.17, 15) is 14.7 Å². The van der Waals surface area contributed by atoms with Gasteiger partial charge in [0.05, 0.1) is 31.8 Å². The molecule has 1 aliphatic carbocycles. The van der Waals surface area contributed by atoms with E-state index in [2.05, 4.69) is 10.6 Å². The number of rotatable bonds is 5. The van der Waals surface area contributed by atoms with Crippen molar-refractivity contribution in [2.45, 2.75) is 43.6 Å². The van der Waals surface area contributed by atoms with Gasteiger partial charge in [0.1, 0.15) is 5.75 Å². The number of aliphatic hydroxyl groups excluding tert-OH is 1. The quantitative estimate of drug-likeness (QED) is 0.708. The van der Waals surface area contributed by atoms with Gasteiger partial charge in [0.15, 0.2) is 0 Å². The number of piperidine rings is 1. The van der Waals surface area contributed by atoms with Gasteiger partial charge in [0.25, 0.3) is 0 Å². The van der Waals surface area contributed by atoms with Gasteiger partial charge in [0, 0.05) is 55.2 Å². The van der Waals surface area contributed by atoms with Crippen LogP contribution in [0.25, 0.3) is 10.9 Å². The Kier molecular flexibility index (Phi) is 6.30. The van der Waals surface area contributed by atoms with E-state index >= 15 is 0 Å². The number of carbonyl (C=O) groups is 2. The lowest BCUT2D eigenvalue weighted by Crippen LogP contribution is -2.57. The first kappa shape index (κ1) is 24.1. The van der Waals surface area contributed by atoms with Gasteiger partial charge >= 0.3 is 0 Å². The molecular formula is C27H38N4O4. The molecule has 1 aromatic heterocycles. The van der Waals surface area contributed by atoms with Crippen LogP contribution in [0.3, 0.4) is 0 Å². The molecule has 1 atom stereocenters. The number of likely N-dealkylation sites (tertiary alicyclic amines) is 1. The molecule has 0 radical (unpaired) electrons. The second-order valence-electron chi connectivity index (χ2n) is 10.9. The number of aryl methyl sites for hydroxylation is 1. The summed E-state index contributed by atoms with van der Waals surface area (Å²) in [4.78, 5) is 32.3. The summed E-state index contributed by atoms with van der Waals surface area (Å²) < 4.78 is 7.66. The van der Waals surface area contributed by atoms with E-state index in [0.717, 1.165) is 54.5 Å². The molecule has 5 rings (SSSR count). The summed E-state index contributed by atoms with van der Waals surface area (Å²) in [6.45, 7) is 2.25. The maximum atomic E-state index is 13.6. The van der Waals surface area contributed by atoms with Gasteiger partial charge in [-0.15, -0.1) is 0 Å². The molecule has 1 N–H and O–H groups in total. The highest BCUT2D eigenvalue weighted by Crippen LogP contribution is 2.51. The van der Waals surface area contributed by atoms with Crippen LogP contribution in [0.5, 0.6) is 5.75 Å². The number of benzene rings is 1. The van der Waals surface area contributed by atoms with Crippen molar-refractivity contribution in [1.82, 2.24) is 19.3 Å². The molecule has 1 saturated carbocycles. The smallest absolute Gasteiger partial charge is 0.236 e. The average molecular weight is 483 g/mol. The highest BCUT2D eigenvalue weighted by molar-refractivity contribution is 5.90. The average Bonchev–Trinajstić information content (AvgIpc) is 3.10. The number of aromatic nitrogens is 1. The summed E-state index contributed by atoms with van der Waals surface area (Å²) in [7, 11) is 7.53. The molecule has 3 aliphatic rings. The van der Waals surface area contributed by atoms with Crippen LogP contribution in [0.4, 0.5) is 0 Å². The Labute approximate surface area is 207 Å². The van der Waals surface area contributed by atoms with Gasteiger partial charge in [-0.3, -0.25) is 9.59 Å². The summed E-state index contributed by atoms with van der Waals surface area (Å²) in [5.41, 5.74) is 3.08. The van der Waals surface area contributed by atoms with E-state index in [1.165, 1.54) is 5.56 Å². The molecule has 1 aromatic carbocycles. The number of aliphatic hydroxyl groups is 1. The first-order valence-electron chi connectivity index (χ1n) is 12.8. The molecular weight excluding hydrogens is 444 g/mol. The molecule has 0 bridgehead atoms. The Bertz CT molecular complexity index is 1130. The van der Waals surface area contributed by atoms with E-state index in [0.29, 0.717) is 26.2 Å². The van der Waals surface area contributed by atoms with Crippen molar-refractivity contribution in [3.8, 4) is 5.75 Å². The molecule has 8 nitrogen and oxygen atoms in total. The molecule has 190 valence electrons. The lowest BCUT2D eigenvalue weighted by atomic mass is 9.67.